The van der Waals surface area contributed by atoms with E-state index in [-0.39, 0.29) is 5.92 Å². The number of piperidine rings is 1. The number of hydrogen-bond donors (Lipinski definition) is 0. The van der Waals surface area contributed by atoms with Gasteiger partial charge in [-0.1, -0.05) is 18.2 Å². The SMILES string of the molecule is COc1ccccc1CN1CCN(C(=O)[C@H]2CCc3nc(N4CCCCC4)ncc3C2)CC1. The number of aromatic nitrogens is 2. The Balaban J connectivity index is 1.15. The first-order chi connectivity index (χ1) is 16.2. The molecule has 1 aliphatic carbocycles. The van der Waals surface area contributed by atoms with Crippen LogP contribution in [0.2, 0.25) is 0 Å². The molecule has 176 valence electrons. The van der Waals surface area contributed by atoms with Gasteiger partial charge in [0.05, 0.1) is 7.11 Å². The summed E-state index contributed by atoms with van der Waals surface area (Å²) < 4.78 is 5.49. The molecule has 0 N–H and O–H groups in total. The molecule has 3 aliphatic rings. The van der Waals surface area contributed by atoms with Crippen LogP contribution in [-0.4, -0.2) is 72.1 Å². The molecule has 0 saturated carbocycles. The van der Waals surface area contributed by atoms with Crippen LogP contribution in [0.3, 0.4) is 0 Å². The van der Waals surface area contributed by atoms with Crippen LogP contribution in [0, 0.1) is 5.92 Å². The van der Waals surface area contributed by atoms with Crippen LogP contribution in [-0.2, 0) is 24.2 Å². The summed E-state index contributed by atoms with van der Waals surface area (Å²) in [5, 5.41) is 0. The van der Waals surface area contributed by atoms with Gasteiger partial charge in [-0.05, 0) is 50.2 Å². The highest BCUT2D eigenvalue weighted by molar-refractivity contribution is 5.79. The predicted octanol–water partition coefficient (Wildman–Crippen LogP) is 2.92. The maximum atomic E-state index is 13.3. The van der Waals surface area contributed by atoms with Gasteiger partial charge in [-0.2, -0.15) is 0 Å². The van der Waals surface area contributed by atoms with Crippen LogP contribution in [0.4, 0.5) is 5.95 Å². The lowest BCUT2D eigenvalue weighted by molar-refractivity contribution is -0.137. The van der Waals surface area contributed by atoms with Crippen LogP contribution >= 0.6 is 0 Å². The molecular formula is C26H35N5O2. The molecule has 2 aromatic rings. The van der Waals surface area contributed by atoms with Crippen LogP contribution < -0.4 is 9.64 Å². The van der Waals surface area contributed by atoms with Crippen molar-refractivity contribution in [3.05, 3.63) is 47.3 Å². The van der Waals surface area contributed by atoms with Crippen molar-refractivity contribution in [2.45, 2.75) is 45.1 Å². The molecule has 1 amide bonds. The van der Waals surface area contributed by atoms with Crippen LogP contribution in [0.5, 0.6) is 5.75 Å². The van der Waals surface area contributed by atoms with Crippen molar-refractivity contribution in [2.24, 2.45) is 5.92 Å². The lowest BCUT2D eigenvalue weighted by atomic mass is 9.86. The predicted molar refractivity (Wildman–Crippen MR) is 128 cm³/mol. The van der Waals surface area contributed by atoms with Crippen LogP contribution in [0.25, 0.3) is 0 Å². The van der Waals surface area contributed by atoms with Gasteiger partial charge in [-0.3, -0.25) is 9.69 Å². The number of benzene rings is 1. The van der Waals surface area contributed by atoms with Gasteiger partial charge in [0.15, 0.2) is 0 Å². The van der Waals surface area contributed by atoms with Crippen LogP contribution in [0.15, 0.2) is 30.5 Å². The molecule has 2 fully saturated rings. The average Bonchev–Trinajstić information content (AvgIpc) is 2.89. The molecule has 2 aliphatic heterocycles. The summed E-state index contributed by atoms with van der Waals surface area (Å²) in [6.07, 6.45) is 8.28. The molecule has 0 radical (unpaired) electrons. The minimum absolute atomic E-state index is 0.0581. The minimum atomic E-state index is 0.0581. The quantitative estimate of drug-likeness (QED) is 0.700. The van der Waals surface area contributed by atoms with E-state index in [0.29, 0.717) is 5.91 Å². The highest BCUT2D eigenvalue weighted by Gasteiger charge is 2.31. The van der Waals surface area contributed by atoms with E-state index in [0.717, 1.165) is 88.0 Å². The molecule has 1 atom stereocenters. The second-order valence-corrected chi connectivity index (χ2v) is 9.54. The molecule has 33 heavy (non-hydrogen) atoms. The van der Waals surface area contributed by atoms with Gasteiger partial charge in [0.25, 0.3) is 0 Å². The smallest absolute Gasteiger partial charge is 0.226 e. The van der Waals surface area contributed by atoms with E-state index in [1.807, 2.05) is 18.3 Å². The van der Waals surface area contributed by atoms with E-state index in [9.17, 15) is 4.79 Å². The van der Waals surface area contributed by atoms with Gasteiger partial charge in [0.1, 0.15) is 5.75 Å². The molecule has 7 heteroatoms. The van der Waals surface area contributed by atoms with E-state index in [1.165, 1.54) is 24.8 Å². The lowest BCUT2D eigenvalue weighted by Crippen LogP contribution is -2.50. The van der Waals surface area contributed by atoms with Crippen LogP contribution in [0.1, 0.15) is 42.5 Å². The zero-order valence-electron chi connectivity index (χ0n) is 19.7. The average molecular weight is 450 g/mol. The fourth-order valence-electron chi connectivity index (χ4n) is 5.41. The summed E-state index contributed by atoms with van der Waals surface area (Å²) in [6.45, 7) is 6.36. The standard InChI is InChI=1S/C26H35N5O2/c1-33-24-8-4-3-7-21(24)19-29-13-15-30(16-14-29)25(32)20-9-10-23-22(17-20)18-27-26(28-23)31-11-5-2-6-12-31/h3-4,7-8,18,20H,2,5-6,9-17,19H2,1H3/t20-/m0/s1. The molecule has 1 aromatic heterocycles. The Bertz CT molecular complexity index is 967. The first-order valence-corrected chi connectivity index (χ1v) is 12.4. The number of para-hydroxylation sites is 1. The maximum absolute atomic E-state index is 13.3. The van der Waals surface area contributed by atoms with Crippen molar-refractivity contribution < 1.29 is 9.53 Å². The van der Waals surface area contributed by atoms with Crippen molar-refractivity contribution in [3.8, 4) is 5.75 Å². The number of anilines is 1. The van der Waals surface area contributed by atoms with Gasteiger partial charge in [0.2, 0.25) is 11.9 Å². The Labute approximate surface area is 196 Å². The Morgan fingerprint density at radius 3 is 2.64 bits per heavy atom. The summed E-state index contributed by atoms with van der Waals surface area (Å²) in [5.41, 5.74) is 3.51. The highest BCUT2D eigenvalue weighted by Crippen LogP contribution is 2.28. The largest absolute Gasteiger partial charge is 0.496 e. The van der Waals surface area contributed by atoms with E-state index in [2.05, 4.69) is 31.8 Å². The normalized spacial score (nSPS) is 21.5. The summed E-state index contributed by atoms with van der Waals surface area (Å²) in [4.78, 5) is 29.6. The molecule has 0 unspecified atom stereocenters. The summed E-state index contributed by atoms with van der Waals surface area (Å²) in [7, 11) is 1.72. The zero-order chi connectivity index (χ0) is 22.6. The number of ether oxygens (including phenoxy) is 1. The number of fused-ring (bicyclic) bond motifs is 1. The van der Waals surface area contributed by atoms with Gasteiger partial charge >= 0.3 is 0 Å². The molecule has 2 saturated heterocycles. The summed E-state index contributed by atoms with van der Waals surface area (Å²) in [5.74, 6) is 2.17. The van der Waals surface area contributed by atoms with Crippen molar-refractivity contribution in [3.63, 3.8) is 0 Å². The van der Waals surface area contributed by atoms with Gasteiger partial charge in [-0.25, -0.2) is 9.97 Å². The van der Waals surface area contributed by atoms with Gasteiger partial charge in [0, 0.05) is 69.2 Å². The third-order valence-electron chi connectivity index (χ3n) is 7.40. The second-order valence-electron chi connectivity index (χ2n) is 9.54. The maximum Gasteiger partial charge on any atom is 0.226 e. The molecule has 1 aromatic carbocycles. The third kappa shape index (κ3) is 4.98. The Morgan fingerprint density at radius 1 is 1.06 bits per heavy atom. The highest BCUT2D eigenvalue weighted by atomic mass is 16.5. The number of hydrogen-bond acceptors (Lipinski definition) is 6. The van der Waals surface area contributed by atoms with Crippen molar-refractivity contribution in [1.82, 2.24) is 19.8 Å². The first kappa shape index (κ1) is 22.1. The minimum Gasteiger partial charge on any atom is -0.496 e. The third-order valence-corrected chi connectivity index (χ3v) is 7.40. The molecular weight excluding hydrogens is 414 g/mol. The van der Waals surface area contributed by atoms with E-state index >= 15 is 0 Å². The fourth-order valence-corrected chi connectivity index (χ4v) is 5.41. The van der Waals surface area contributed by atoms with Crippen molar-refractivity contribution >= 4 is 11.9 Å². The molecule has 7 nitrogen and oxygen atoms in total. The number of amides is 1. The second kappa shape index (κ2) is 10.1. The first-order valence-electron chi connectivity index (χ1n) is 12.4. The number of rotatable bonds is 5. The topological polar surface area (TPSA) is 61.8 Å². The number of nitrogens with zero attached hydrogens (tertiary/aromatic N) is 5. The molecule has 5 rings (SSSR count). The van der Waals surface area contributed by atoms with E-state index in [1.54, 1.807) is 7.11 Å². The Kier molecular flexibility index (Phi) is 6.76. The van der Waals surface area contributed by atoms with Crippen molar-refractivity contribution in [1.29, 1.82) is 0 Å². The van der Waals surface area contributed by atoms with E-state index in [4.69, 9.17) is 9.72 Å². The number of piperazine rings is 1. The fraction of sp³-hybridized carbons (Fsp3) is 0.577. The lowest BCUT2D eigenvalue weighted by Gasteiger charge is -2.37. The monoisotopic (exact) mass is 449 g/mol. The molecule has 0 spiro atoms. The van der Waals surface area contributed by atoms with E-state index < -0.39 is 0 Å². The number of carbonyl (C=O) groups excluding carboxylic acids is 1. The molecule has 3 heterocycles. The summed E-state index contributed by atoms with van der Waals surface area (Å²) >= 11 is 0. The number of methoxy groups -OCH3 is 1. The zero-order valence-corrected chi connectivity index (χ0v) is 19.7. The van der Waals surface area contributed by atoms with Gasteiger partial charge in [-0.15, -0.1) is 0 Å². The van der Waals surface area contributed by atoms with Gasteiger partial charge < -0.3 is 14.5 Å². The van der Waals surface area contributed by atoms with Crippen molar-refractivity contribution in [2.75, 3.05) is 51.3 Å². The molecule has 0 bridgehead atoms. The number of carbonyl (C=O) groups is 1. The number of aryl methyl sites for hydroxylation is 1. The summed E-state index contributed by atoms with van der Waals surface area (Å²) in [6, 6.07) is 8.18. The Hall–Kier alpha value is -2.67. The Morgan fingerprint density at radius 2 is 1.85 bits per heavy atom.